The van der Waals surface area contributed by atoms with E-state index in [0.29, 0.717) is 16.7 Å². The molecule has 26 heavy (non-hydrogen) atoms. The summed E-state index contributed by atoms with van der Waals surface area (Å²) in [6.45, 7) is 0. The molecule has 0 atom stereocenters. The number of nitrogens with one attached hydrogen (secondary N) is 2. The van der Waals surface area contributed by atoms with Gasteiger partial charge in [-0.25, -0.2) is 5.43 Å². The smallest absolute Gasteiger partial charge is 0.261 e. The van der Waals surface area contributed by atoms with E-state index >= 15 is 0 Å². The molecule has 1 aromatic heterocycles. The van der Waals surface area contributed by atoms with Crippen LogP contribution in [0.5, 0.6) is 0 Å². The van der Waals surface area contributed by atoms with E-state index in [9.17, 15) is 9.59 Å². The Morgan fingerprint density at radius 1 is 1.08 bits per heavy atom. The first-order valence-electron chi connectivity index (χ1n) is 7.76. The molecule has 0 saturated heterocycles. The van der Waals surface area contributed by atoms with Crippen LogP contribution in [0, 0.1) is 11.3 Å². The maximum Gasteiger partial charge on any atom is 0.261 e. The van der Waals surface area contributed by atoms with Gasteiger partial charge in [-0.3, -0.25) is 9.59 Å². The molecule has 2 aromatic carbocycles. The van der Waals surface area contributed by atoms with Crippen molar-refractivity contribution in [1.29, 1.82) is 5.26 Å². The molecule has 0 unspecified atom stereocenters. The topological polar surface area (TPSA) is 107 Å². The second kappa shape index (κ2) is 7.77. The predicted octanol–water partition coefficient (Wildman–Crippen LogP) is 2.53. The Morgan fingerprint density at radius 2 is 1.81 bits per heavy atom. The van der Waals surface area contributed by atoms with E-state index < -0.39 is 11.8 Å². The molecule has 3 rings (SSSR count). The summed E-state index contributed by atoms with van der Waals surface area (Å²) in [7, 11) is 0. The lowest BCUT2D eigenvalue weighted by Crippen LogP contribution is -2.26. The number of benzene rings is 2. The van der Waals surface area contributed by atoms with Crippen LogP contribution in [0.2, 0.25) is 0 Å². The predicted molar refractivity (Wildman–Crippen MR) is 94.5 cm³/mol. The summed E-state index contributed by atoms with van der Waals surface area (Å²) in [6.07, 6.45) is -0.345. The zero-order valence-electron chi connectivity index (χ0n) is 13.6. The van der Waals surface area contributed by atoms with Gasteiger partial charge in [-0.1, -0.05) is 36.4 Å². The average Bonchev–Trinajstić information content (AvgIpc) is 2.66. The summed E-state index contributed by atoms with van der Waals surface area (Å²) >= 11 is 0. The number of anilines is 1. The molecule has 0 aliphatic heterocycles. The zero-order chi connectivity index (χ0) is 18.4. The van der Waals surface area contributed by atoms with E-state index in [0.717, 1.165) is 0 Å². The molecule has 0 saturated carbocycles. The van der Waals surface area contributed by atoms with Crippen LogP contribution in [-0.4, -0.2) is 11.8 Å². The summed E-state index contributed by atoms with van der Waals surface area (Å²) in [6, 6.07) is 19.4. The molecule has 2 N–H and O–H groups in total. The Bertz CT molecular complexity index is 1070. The average molecular weight is 346 g/mol. The molecule has 0 radical (unpaired) electrons. The highest BCUT2D eigenvalue weighted by atomic mass is 16.3. The van der Waals surface area contributed by atoms with Crippen molar-refractivity contribution in [2.75, 3.05) is 5.32 Å². The molecule has 7 nitrogen and oxygen atoms in total. The number of amides is 2. The third-order valence-electron chi connectivity index (χ3n) is 3.45. The molecule has 0 aliphatic carbocycles. The van der Waals surface area contributed by atoms with Crippen molar-refractivity contribution in [1.82, 2.24) is 5.43 Å². The molecule has 1 heterocycles. The van der Waals surface area contributed by atoms with Crippen LogP contribution >= 0.6 is 0 Å². The summed E-state index contributed by atoms with van der Waals surface area (Å²) in [5.74, 6) is -1.02. The number of hydrogen-bond acceptors (Lipinski definition) is 5. The second-order valence-corrected chi connectivity index (χ2v) is 5.30. The van der Waals surface area contributed by atoms with Gasteiger partial charge in [0.2, 0.25) is 5.55 Å². The number of fused-ring (bicyclic) bond motifs is 1. The summed E-state index contributed by atoms with van der Waals surface area (Å²) in [5, 5.41) is 15.9. The Labute approximate surface area is 148 Å². The third kappa shape index (κ3) is 3.94. The fourth-order valence-corrected chi connectivity index (χ4v) is 2.26. The van der Waals surface area contributed by atoms with Gasteiger partial charge in [0.1, 0.15) is 17.6 Å². The third-order valence-corrected chi connectivity index (χ3v) is 3.45. The van der Waals surface area contributed by atoms with Gasteiger partial charge in [0.15, 0.2) is 0 Å². The van der Waals surface area contributed by atoms with E-state index in [2.05, 4.69) is 15.8 Å². The number of hydrogen-bond donors (Lipinski definition) is 2. The molecule has 0 fully saturated rings. The number of carbonyl (C=O) groups is 2. The van der Waals surface area contributed by atoms with Gasteiger partial charge in [-0.05, 0) is 24.3 Å². The van der Waals surface area contributed by atoms with E-state index in [1.165, 1.54) is 0 Å². The van der Waals surface area contributed by atoms with Crippen molar-refractivity contribution < 1.29 is 14.0 Å². The van der Waals surface area contributed by atoms with Gasteiger partial charge in [0, 0.05) is 11.1 Å². The van der Waals surface area contributed by atoms with Crippen molar-refractivity contribution in [2.45, 2.75) is 6.42 Å². The normalized spacial score (nSPS) is 11.0. The lowest BCUT2D eigenvalue weighted by Gasteiger charge is -2.06. The molecule has 3 aromatic rings. The first-order chi connectivity index (χ1) is 12.7. The maximum absolute atomic E-state index is 12.7. The molecule has 7 heteroatoms. The minimum atomic E-state index is -0.592. The fraction of sp³-hybridized carbons (Fsp3) is 0.0526. The first-order valence-corrected chi connectivity index (χ1v) is 7.76. The first kappa shape index (κ1) is 16.9. The summed E-state index contributed by atoms with van der Waals surface area (Å²) in [5.41, 5.74) is 3.45. The van der Waals surface area contributed by atoms with Crippen LogP contribution < -0.4 is 16.3 Å². The number of para-hydroxylation sites is 2. The van der Waals surface area contributed by atoms with Crippen molar-refractivity contribution >= 4 is 28.5 Å². The Balaban J connectivity index is 2.02. The van der Waals surface area contributed by atoms with Crippen molar-refractivity contribution in [3.05, 3.63) is 71.8 Å². The zero-order valence-corrected chi connectivity index (χ0v) is 13.6. The van der Waals surface area contributed by atoms with E-state index in [1.54, 1.807) is 54.6 Å². The second-order valence-electron chi connectivity index (χ2n) is 5.30. The largest absolute Gasteiger partial charge is 0.436 e. The van der Waals surface area contributed by atoms with Gasteiger partial charge in [0.05, 0.1) is 6.07 Å². The van der Waals surface area contributed by atoms with Crippen LogP contribution in [0.4, 0.5) is 5.69 Å². The van der Waals surface area contributed by atoms with Gasteiger partial charge in [-0.15, -0.1) is 5.10 Å². The number of carbonyl (C=O) groups excluding carboxylic acids is 2. The fourth-order valence-electron chi connectivity index (χ4n) is 2.26. The summed E-state index contributed by atoms with van der Waals surface area (Å²) in [4.78, 5) is 24.1. The van der Waals surface area contributed by atoms with E-state index in [4.69, 9.17) is 9.68 Å². The van der Waals surface area contributed by atoms with Crippen LogP contribution in [-0.2, 0) is 4.79 Å². The van der Waals surface area contributed by atoms with Crippen molar-refractivity contribution in [3.8, 4) is 6.07 Å². The summed E-state index contributed by atoms with van der Waals surface area (Å²) < 4.78 is 5.66. The standard InChI is InChI=1S/C19H14N4O3/c20-11-10-17(24)22-23-19-15(12-13-6-4-5-9-16(13)26-19)18(25)21-14-7-2-1-3-8-14/h1-9,12H,10H2,(H,21,25)(H,22,24)/b23-19+. The molecular weight excluding hydrogens is 332 g/mol. The maximum atomic E-state index is 12.7. The molecular formula is C19H14N4O3. The minimum absolute atomic E-state index is 0.0524. The number of nitrogens with zero attached hydrogens (tertiary/aromatic N) is 2. The van der Waals surface area contributed by atoms with Gasteiger partial charge < -0.3 is 9.73 Å². The molecule has 0 aliphatic rings. The highest BCUT2D eigenvalue weighted by Crippen LogP contribution is 2.14. The lowest BCUT2D eigenvalue weighted by molar-refractivity contribution is -0.120. The molecule has 0 bridgehead atoms. The van der Waals surface area contributed by atoms with Gasteiger partial charge in [-0.2, -0.15) is 5.26 Å². The Morgan fingerprint density at radius 3 is 2.58 bits per heavy atom. The van der Waals surface area contributed by atoms with Crippen LogP contribution in [0.25, 0.3) is 11.0 Å². The lowest BCUT2D eigenvalue weighted by atomic mass is 10.1. The number of nitriles is 1. The highest BCUT2D eigenvalue weighted by Gasteiger charge is 2.13. The quantitative estimate of drug-likeness (QED) is 0.708. The van der Waals surface area contributed by atoms with Crippen LogP contribution in [0.1, 0.15) is 16.8 Å². The number of rotatable bonds is 4. The van der Waals surface area contributed by atoms with Gasteiger partial charge in [0.25, 0.3) is 11.8 Å². The van der Waals surface area contributed by atoms with Crippen molar-refractivity contribution in [2.24, 2.45) is 5.10 Å². The van der Waals surface area contributed by atoms with E-state index in [1.807, 2.05) is 12.1 Å². The molecule has 128 valence electrons. The van der Waals surface area contributed by atoms with E-state index in [-0.39, 0.29) is 17.5 Å². The SMILES string of the molecule is N#CCC(=O)N/N=c1/oc2ccccc2cc1C(=O)Nc1ccccc1. The monoisotopic (exact) mass is 346 g/mol. The highest BCUT2D eigenvalue weighted by molar-refractivity contribution is 6.05. The Kier molecular flexibility index (Phi) is 5.05. The van der Waals surface area contributed by atoms with Crippen LogP contribution in [0.15, 0.2) is 70.2 Å². The minimum Gasteiger partial charge on any atom is -0.436 e. The molecule has 0 spiro atoms. The van der Waals surface area contributed by atoms with Gasteiger partial charge >= 0.3 is 0 Å². The molecule has 2 amide bonds. The van der Waals surface area contributed by atoms with Crippen LogP contribution in [0.3, 0.4) is 0 Å². The Hall–Kier alpha value is -3.92. The van der Waals surface area contributed by atoms with Crippen molar-refractivity contribution in [3.63, 3.8) is 0 Å².